The zero-order valence-corrected chi connectivity index (χ0v) is 18.7. The maximum atomic E-state index is 12.3. The van der Waals surface area contributed by atoms with Crippen molar-refractivity contribution in [3.8, 4) is 0 Å². The van der Waals surface area contributed by atoms with Crippen LogP contribution in [-0.4, -0.2) is 17.5 Å². The van der Waals surface area contributed by atoms with Crippen LogP contribution in [0.15, 0.2) is 60.7 Å². The van der Waals surface area contributed by atoms with E-state index in [0.717, 1.165) is 12.0 Å². The first kappa shape index (κ1) is 24.5. The lowest BCUT2D eigenvalue weighted by molar-refractivity contribution is -0.139. The van der Waals surface area contributed by atoms with Gasteiger partial charge in [-0.15, -0.1) is 0 Å². The first-order chi connectivity index (χ1) is 15.0. The molecular formula is C27H34O4. The van der Waals surface area contributed by atoms with Crippen LogP contribution in [0.3, 0.4) is 0 Å². The van der Waals surface area contributed by atoms with Crippen LogP contribution in [0.5, 0.6) is 0 Å². The normalized spacial score (nSPS) is 16.2. The van der Waals surface area contributed by atoms with Gasteiger partial charge in [0.1, 0.15) is 6.61 Å². The van der Waals surface area contributed by atoms with E-state index in [1.165, 1.54) is 38.2 Å². The minimum absolute atomic E-state index is 0.00925. The summed E-state index contributed by atoms with van der Waals surface area (Å²) in [4.78, 5) is 36.2. The summed E-state index contributed by atoms with van der Waals surface area (Å²) in [5.74, 6) is 0.0564. The van der Waals surface area contributed by atoms with Gasteiger partial charge in [-0.3, -0.25) is 9.59 Å². The minimum atomic E-state index is -0.441. The van der Waals surface area contributed by atoms with Crippen molar-refractivity contribution in [2.45, 2.75) is 65.4 Å². The Morgan fingerprint density at radius 2 is 1.74 bits per heavy atom. The number of hydrogen-bond acceptors (Lipinski definition) is 4. The van der Waals surface area contributed by atoms with Gasteiger partial charge in [0.25, 0.3) is 0 Å². The van der Waals surface area contributed by atoms with E-state index in [1.54, 1.807) is 36.4 Å². The Bertz CT molecular complexity index is 808. The fraction of sp³-hybridized carbons (Fsp3) is 0.444. The molecule has 4 heteroatoms. The van der Waals surface area contributed by atoms with Crippen LogP contribution >= 0.6 is 0 Å². The summed E-state index contributed by atoms with van der Waals surface area (Å²) in [6.45, 7) is 3.91. The van der Waals surface area contributed by atoms with Crippen LogP contribution in [0.25, 0.3) is 0 Å². The molecule has 1 atom stereocenters. The standard InChI is InChI=1S/C27H34O4/c1-3-9-25(28)23(4-2)12-8-13-27(30)31-20-22-14-17-24(18-15-22)26(29)19-16-21-10-6-5-7-11-21/h3,8-9,13-19,21,23H,4-7,10-12,20H2,1-2H3. The van der Waals surface area contributed by atoms with Gasteiger partial charge in [-0.2, -0.15) is 0 Å². The molecule has 1 aliphatic carbocycles. The Labute approximate surface area is 186 Å². The lowest BCUT2D eigenvalue weighted by atomic mass is 9.89. The van der Waals surface area contributed by atoms with Crippen molar-refractivity contribution in [1.82, 2.24) is 0 Å². The molecular weight excluding hydrogens is 388 g/mol. The third-order valence-electron chi connectivity index (χ3n) is 5.69. The van der Waals surface area contributed by atoms with Gasteiger partial charge in [-0.25, -0.2) is 4.79 Å². The van der Waals surface area contributed by atoms with Crippen LogP contribution in [0.4, 0.5) is 0 Å². The van der Waals surface area contributed by atoms with E-state index >= 15 is 0 Å². The van der Waals surface area contributed by atoms with Crippen LogP contribution in [-0.2, 0) is 20.9 Å². The molecule has 0 saturated heterocycles. The zero-order chi connectivity index (χ0) is 22.5. The summed E-state index contributed by atoms with van der Waals surface area (Å²) in [5, 5.41) is 0. The fourth-order valence-electron chi connectivity index (χ4n) is 3.73. The molecule has 1 aromatic rings. The van der Waals surface area contributed by atoms with E-state index < -0.39 is 5.97 Å². The highest BCUT2D eigenvalue weighted by Crippen LogP contribution is 2.24. The Hall–Kier alpha value is -2.75. The Morgan fingerprint density at radius 3 is 2.39 bits per heavy atom. The molecule has 0 amide bonds. The van der Waals surface area contributed by atoms with E-state index in [4.69, 9.17) is 4.74 Å². The first-order valence-electron chi connectivity index (χ1n) is 11.3. The number of esters is 1. The molecule has 0 aliphatic heterocycles. The Balaban J connectivity index is 1.78. The van der Waals surface area contributed by atoms with Crippen molar-refractivity contribution < 1.29 is 19.1 Å². The van der Waals surface area contributed by atoms with Crippen molar-refractivity contribution in [1.29, 1.82) is 0 Å². The second-order valence-corrected chi connectivity index (χ2v) is 8.07. The summed E-state index contributed by atoms with van der Waals surface area (Å²) in [7, 11) is 0. The number of carbonyl (C=O) groups excluding carboxylic acids is 3. The first-order valence-corrected chi connectivity index (χ1v) is 11.3. The average molecular weight is 423 g/mol. The van der Waals surface area contributed by atoms with E-state index in [1.807, 2.05) is 26.0 Å². The quantitative estimate of drug-likeness (QED) is 0.243. The largest absolute Gasteiger partial charge is 0.458 e. The van der Waals surface area contributed by atoms with Gasteiger partial charge in [0.05, 0.1) is 0 Å². The van der Waals surface area contributed by atoms with Gasteiger partial charge >= 0.3 is 5.97 Å². The number of ether oxygens (including phenoxy) is 1. The van der Waals surface area contributed by atoms with Gasteiger partial charge < -0.3 is 4.74 Å². The van der Waals surface area contributed by atoms with E-state index in [2.05, 4.69) is 6.08 Å². The topological polar surface area (TPSA) is 60.4 Å². The minimum Gasteiger partial charge on any atom is -0.458 e. The third-order valence-corrected chi connectivity index (χ3v) is 5.69. The lowest BCUT2D eigenvalue weighted by Crippen LogP contribution is -2.10. The molecule has 1 aliphatic rings. The van der Waals surface area contributed by atoms with Crippen LogP contribution in [0.2, 0.25) is 0 Å². The summed E-state index contributed by atoms with van der Waals surface area (Å²) in [5.41, 5.74) is 1.46. The smallest absolute Gasteiger partial charge is 0.330 e. The Kier molecular flexibility index (Phi) is 10.7. The fourth-order valence-corrected chi connectivity index (χ4v) is 3.73. The van der Waals surface area contributed by atoms with Crippen molar-refractivity contribution in [2.24, 2.45) is 11.8 Å². The van der Waals surface area contributed by atoms with Gasteiger partial charge in [0.15, 0.2) is 11.6 Å². The highest BCUT2D eigenvalue weighted by Gasteiger charge is 2.12. The lowest BCUT2D eigenvalue weighted by Gasteiger charge is -2.17. The predicted molar refractivity (Wildman–Crippen MR) is 124 cm³/mol. The van der Waals surface area contributed by atoms with Crippen molar-refractivity contribution in [3.05, 3.63) is 71.8 Å². The predicted octanol–water partition coefficient (Wildman–Crippen LogP) is 6.17. The van der Waals surface area contributed by atoms with Crippen molar-refractivity contribution >= 4 is 17.5 Å². The number of carbonyl (C=O) groups is 3. The molecule has 1 aromatic carbocycles. The molecule has 1 unspecified atom stereocenters. The van der Waals surface area contributed by atoms with Gasteiger partial charge in [-0.05, 0) is 56.2 Å². The third kappa shape index (κ3) is 8.87. The molecule has 0 N–H and O–H groups in total. The molecule has 0 aromatic heterocycles. The molecule has 0 spiro atoms. The molecule has 4 nitrogen and oxygen atoms in total. The maximum Gasteiger partial charge on any atom is 0.330 e. The summed E-state index contributed by atoms with van der Waals surface area (Å²) >= 11 is 0. The second-order valence-electron chi connectivity index (χ2n) is 8.07. The number of allylic oxidation sites excluding steroid dienone is 5. The summed E-state index contributed by atoms with van der Waals surface area (Å²) in [6, 6.07) is 7.15. The average Bonchev–Trinajstić information content (AvgIpc) is 2.80. The molecule has 166 valence electrons. The summed E-state index contributed by atoms with van der Waals surface area (Å²) < 4.78 is 5.26. The van der Waals surface area contributed by atoms with Gasteiger partial charge in [0.2, 0.25) is 0 Å². The van der Waals surface area contributed by atoms with Crippen LogP contribution < -0.4 is 0 Å². The number of benzene rings is 1. The molecule has 2 rings (SSSR count). The van der Waals surface area contributed by atoms with Gasteiger partial charge in [0, 0.05) is 17.6 Å². The molecule has 0 heterocycles. The van der Waals surface area contributed by atoms with Crippen LogP contribution in [0.1, 0.15) is 74.7 Å². The van der Waals surface area contributed by atoms with Crippen molar-refractivity contribution in [3.63, 3.8) is 0 Å². The number of ketones is 2. The van der Waals surface area contributed by atoms with Gasteiger partial charge in [-0.1, -0.05) is 68.7 Å². The Morgan fingerprint density at radius 1 is 1.03 bits per heavy atom. The molecule has 1 saturated carbocycles. The summed E-state index contributed by atoms with van der Waals surface area (Å²) in [6.07, 6.45) is 17.5. The zero-order valence-electron chi connectivity index (χ0n) is 18.7. The van der Waals surface area contributed by atoms with E-state index in [9.17, 15) is 14.4 Å². The number of rotatable bonds is 11. The number of hydrogen-bond donors (Lipinski definition) is 0. The highest BCUT2D eigenvalue weighted by molar-refractivity contribution is 6.04. The van der Waals surface area contributed by atoms with E-state index in [0.29, 0.717) is 17.9 Å². The van der Waals surface area contributed by atoms with Crippen molar-refractivity contribution in [2.75, 3.05) is 0 Å². The molecule has 0 radical (unpaired) electrons. The van der Waals surface area contributed by atoms with Crippen LogP contribution in [0, 0.1) is 11.8 Å². The maximum absolute atomic E-state index is 12.3. The SMILES string of the molecule is CC=CC(=O)C(CC)CC=CC(=O)OCc1ccc(C(=O)C=CC2CCCCC2)cc1. The second kappa shape index (κ2) is 13.5. The van der Waals surface area contributed by atoms with E-state index in [-0.39, 0.29) is 24.1 Å². The molecule has 1 fully saturated rings. The highest BCUT2D eigenvalue weighted by atomic mass is 16.5. The molecule has 0 bridgehead atoms. The molecule has 31 heavy (non-hydrogen) atoms. The monoisotopic (exact) mass is 422 g/mol.